The third-order valence-corrected chi connectivity index (χ3v) is 5.21. The van der Waals surface area contributed by atoms with Crippen LogP contribution in [-0.4, -0.2) is 27.5 Å². The number of pyridine rings is 1. The molecule has 0 saturated heterocycles. The first-order chi connectivity index (χ1) is 10.2. The molecule has 110 valence electrons. The fourth-order valence-corrected chi connectivity index (χ4v) is 3.94. The summed E-state index contributed by atoms with van der Waals surface area (Å²) in [4.78, 5) is 15.1. The van der Waals surface area contributed by atoms with Gasteiger partial charge in [-0.15, -0.1) is 0 Å². The number of nitro groups is 1. The fourth-order valence-electron chi connectivity index (χ4n) is 3.01. The molecule has 2 atom stereocenters. The zero-order valence-electron chi connectivity index (χ0n) is 11.8. The molecule has 5 nitrogen and oxygen atoms in total. The van der Waals surface area contributed by atoms with Gasteiger partial charge in [-0.1, -0.05) is 6.42 Å². The molecule has 2 aromatic rings. The van der Waals surface area contributed by atoms with Gasteiger partial charge < -0.3 is 5.32 Å². The maximum Gasteiger partial charge on any atom is 0.278 e. The van der Waals surface area contributed by atoms with Crippen LogP contribution in [0.3, 0.4) is 0 Å². The number of benzene rings is 1. The van der Waals surface area contributed by atoms with Crippen molar-refractivity contribution in [3.63, 3.8) is 0 Å². The zero-order valence-corrected chi connectivity index (χ0v) is 12.6. The van der Waals surface area contributed by atoms with Crippen molar-refractivity contribution >= 4 is 34.0 Å². The van der Waals surface area contributed by atoms with Gasteiger partial charge in [-0.3, -0.25) is 15.1 Å². The van der Waals surface area contributed by atoms with Crippen LogP contribution < -0.4 is 5.32 Å². The molecular formula is C15H17N3O2S. The van der Waals surface area contributed by atoms with Crippen molar-refractivity contribution in [1.29, 1.82) is 0 Å². The van der Waals surface area contributed by atoms with Crippen molar-refractivity contribution in [2.75, 3.05) is 11.6 Å². The molecule has 21 heavy (non-hydrogen) atoms. The predicted molar refractivity (Wildman–Crippen MR) is 87.0 cm³/mol. The van der Waals surface area contributed by atoms with Crippen molar-refractivity contribution < 1.29 is 4.92 Å². The summed E-state index contributed by atoms with van der Waals surface area (Å²) in [7, 11) is 0. The molecule has 0 radical (unpaired) electrons. The molecule has 1 aromatic carbocycles. The van der Waals surface area contributed by atoms with Gasteiger partial charge in [-0.05, 0) is 37.3 Å². The normalized spacial score (nSPS) is 21.6. The lowest BCUT2D eigenvalue weighted by Crippen LogP contribution is -2.25. The standard InChI is InChI=1S/C15H17N3O2S/c1-21-14-6-2-5-11(14)17-12-7-8-13(18(19)20)10-4-3-9-16-15(10)12/h3-4,7-9,11,14,17H,2,5-6H2,1H3. The highest BCUT2D eigenvalue weighted by Crippen LogP contribution is 2.34. The number of nitro benzene ring substituents is 1. The Morgan fingerprint density at radius 3 is 3.00 bits per heavy atom. The van der Waals surface area contributed by atoms with Crippen molar-refractivity contribution in [3.05, 3.63) is 40.6 Å². The summed E-state index contributed by atoms with van der Waals surface area (Å²) < 4.78 is 0. The van der Waals surface area contributed by atoms with Crippen molar-refractivity contribution in [3.8, 4) is 0 Å². The lowest BCUT2D eigenvalue weighted by Gasteiger charge is -2.21. The quantitative estimate of drug-likeness (QED) is 0.686. The van der Waals surface area contributed by atoms with E-state index in [4.69, 9.17) is 0 Å². The number of nitrogens with zero attached hydrogens (tertiary/aromatic N) is 2. The van der Waals surface area contributed by atoms with Crippen molar-refractivity contribution in [1.82, 2.24) is 4.98 Å². The highest BCUT2D eigenvalue weighted by Gasteiger charge is 2.27. The minimum atomic E-state index is -0.353. The molecule has 1 aromatic heterocycles. The highest BCUT2D eigenvalue weighted by atomic mass is 32.2. The van der Waals surface area contributed by atoms with Gasteiger partial charge in [0.2, 0.25) is 0 Å². The molecule has 6 heteroatoms. The Kier molecular flexibility index (Phi) is 3.96. The lowest BCUT2D eigenvalue weighted by atomic mass is 10.1. The van der Waals surface area contributed by atoms with E-state index in [2.05, 4.69) is 16.6 Å². The van der Waals surface area contributed by atoms with Gasteiger partial charge in [0.05, 0.1) is 16.0 Å². The van der Waals surface area contributed by atoms with E-state index in [1.165, 1.54) is 12.8 Å². The number of fused-ring (bicyclic) bond motifs is 1. The molecule has 1 heterocycles. The number of anilines is 1. The third-order valence-electron chi connectivity index (χ3n) is 4.04. The minimum absolute atomic E-state index is 0.108. The molecule has 1 aliphatic rings. The van der Waals surface area contributed by atoms with E-state index < -0.39 is 0 Å². The van der Waals surface area contributed by atoms with E-state index in [1.54, 1.807) is 30.5 Å². The monoisotopic (exact) mass is 303 g/mol. The summed E-state index contributed by atoms with van der Waals surface area (Å²) >= 11 is 1.88. The Bertz CT molecular complexity index is 677. The number of hydrogen-bond donors (Lipinski definition) is 1. The van der Waals surface area contributed by atoms with Crippen LogP contribution >= 0.6 is 11.8 Å². The van der Waals surface area contributed by atoms with Crippen LogP contribution in [0, 0.1) is 10.1 Å². The van der Waals surface area contributed by atoms with Crippen LogP contribution in [0.4, 0.5) is 11.4 Å². The summed E-state index contributed by atoms with van der Waals surface area (Å²) in [6.45, 7) is 0. The molecule has 0 spiro atoms. The van der Waals surface area contributed by atoms with E-state index in [0.29, 0.717) is 22.2 Å². The van der Waals surface area contributed by atoms with Crippen LogP contribution in [-0.2, 0) is 0 Å². The molecule has 0 bridgehead atoms. The average Bonchev–Trinajstić information content (AvgIpc) is 2.94. The molecule has 1 saturated carbocycles. The van der Waals surface area contributed by atoms with Gasteiger partial charge in [0, 0.05) is 23.6 Å². The summed E-state index contributed by atoms with van der Waals surface area (Å²) in [5.74, 6) is 0. The Morgan fingerprint density at radius 2 is 2.24 bits per heavy atom. The van der Waals surface area contributed by atoms with Crippen molar-refractivity contribution in [2.45, 2.75) is 30.6 Å². The van der Waals surface area contributed by atoms with Gasteiger partial charge in [-0.2, -0.15) is 11.8 Å². The number of aromatic nitrogens is 1. The largest absolute Gasteiger partial charge is 0.379 e. The maximum absolute atomic E-state index is 11.1. The topological polar surface area (TPSA) is 68.1 Å². The maximum atomic E-state index is 11.1. The van der Waals surface area contributed by atoms with E-state index in [0.717, 1.165) is 12.1 Å². The zero-order chi connectivity index (χ0) is 14.8. The number of nitrogens with one attached hydrogen (secondary N) is 1. The Morgan fingerprint density at radius 1 is 1.38 bits per heavy atom. The van der Waals surface area contributed by atoms with Crippen LogP contribution in [0.5, 0.6) is 0 Å². The van der Waals surface area contributed by atoms with E-state index in [9.17, 15) is 10.1 Å². The van der Waals surface area contributed by atoms with Gasteiger partial charge in [0.15, 0.2) is 0 Å². The molecule has 3 rings (SSSR count). The second-order valence-electron chi connectivity index (χ2n) is 5.24. The smallest absolute Gasteiger partial charge is 0.278 e. The van der Waals surface area contributed by atoms with E-state index in [-0.39, 0.29) is 10.6 Å². The molecule has 0 aliphatic heterocycles. The number of thioether (sulfide) groups is 1. The summed E-state index contributed by atoms with van der Waals surface area (Å²) in [6.07, 6.45) is 7.39. The molecule has 1 aliphatic carbocycles. The number of rotatable bonds is 4. The van der Waals surface area contributed by atoms with Gasteiger partial charge in [0.25, 0.3) is 5.69 Å². The van der Waals surface area contributed by atoms with Crippen molar-refractivity contribution in [2.24, 2.45) is 0 Å². The van der Waals surface area contributed by atoms with Crippen LogP contribution in [0.15, 0.2) is 30.5 Å². The average molecular weight is 303 g/mol. The fraction of sp³-hybridized carbons (Fsp3) is 0.400. The minimum Gasteiger partial charge on any atom is -0.379 e. The van der Waals surface area contributed by atoms with Gasteiger partial charge in [-0.25, -0.2) is 0 Å². The molecule has 1 fully saturated rings. The first-order valence-corrected chi connectivity index (χ1v) is 8.31. The first kappa shape index (κ1) is 14.1. The molecule has 1 N–H and O–H groups in total. The first-order valence-electron chi connectivity index (χ1n) is 7.02. The Labute approximate surface area is 127 Å². The number of non-ortho nitro benzene ring substituents is 1. The predicted octanol–water partition coefficient (Wildman–Crippen LogP) is 3.84. The SMILES string of the molecule is CSC1CCCC1Nc1ccc([N+](=O)[O-])c2cccnc12. The second kappa shape index (κ2) is 5.89. The summed E-state index contributed by atoms with van der Waals surface area (Å²) in [6, 6.07) is 7.25. The molecular weight excluding hydrogens is 286 g/mol. The summed E-state index contributed by atoms with van der Waals surface area (Å²) in [5, 5.41) is 15.9. The van der Waals surface area contributed by atoms with Gasteiger partial charge in [0.1, 0.15) is 5.52 Å². The molecule has 2 unspecified atom stereocenters. The van der Waals surface area contributed by atoms with Crippen LogP contribution in [0.1, 0.15) is 19.3 Å². The summed E-state index contributed by atoms with van der Waals surface area (Å²) in [5.41, 5.74) is 1.68. The van der Waals surface area contributed by atoms with E-state index in [1.807, 2.05) is 11.8 Å². The number of hydrogen-bond acceptors (Lipinski definition) is 5. The second-order valence-corrected chi connectivity index (χ2v) is 6.32. The molecule has 0 amide bonds. The van der Waals surface area contributed by atoms with E-state index >= 15 is 0 Å². The third kappa shape index (κ3) is 2.68. The van der Waals surface area contributed by atoms with Crippen LogP contribution in [0.25, 0.3) is 10.9 Å². The Balaban J connectivity index is 2.00. The van der Waals surface area contributed by atoms with Gasteiger partial charge >= 0.3 is 0 Å². The Hall–Kier alpha value is -1.82. The van der Waals surface area contributed by atoms with Crippen LogP contribution in [0.2, 0.25) is 0 Å². The lowest BCUT2D eigenvalue weighted by molar-refractivity contribution is -0.383. The highest BCUT2D eigenvalue weighted by molar-refractivity contribution is 7.99.